The Bertz CT molecular complexity index is 503. The first-order chi connectivity index (χ1) is 10.1. The first-order valence-electron chi connectivity index (χ1n) is 7.29. The van der Waals surface area contributed by atoms with Crippen LogP contribution in [0, 0.1) is 0 Å². The summed E-state index contributed by atoms with van der Waals surface area (Å²) in [5, 5.41) is 9.74. The van der Waals surface area contributed by atoms with Gasteiger partial charge in [-0.05, 0) is 32.4 Å². The fraction of sp³-hybridized carbons (Fsp3) is 0.562. The smallest absolute Gasteiger partial charge is 0.325 e. The SMILES string of the molecule is COc1cccc(C(C(=O)O)N2CCCCC2C)c1OC. The van der Waals surface area contributed by atoms with E-state index in [1.54, 1.807) is 26.4 Å². The van der Waals surface area contributed by atoms with Crippen molar-refractivity contribution in [2.45, 2.75) is 38.3 Å². The number of ether oxygens (including phenoxy) is 2. The lowest BCUT2D eigenvalue weighted by atomic mass is 9.96. The van der Waals surface area contributed by atoms with E-state index in [9.17, 15) is 9.90 Å². The van der Waals surface area contributed by atoms with Gasteiger partial charge in [-0.3, -0.25) is 9.69 Å². The van der Waals surface area contributed by atoms with E-state index in [0.717, 1.165) is 25.8 Å². The molecule has 1 aromatic carbocycles. The zero-order valence-corrected chi connectivity index (χ0v) is 12.8. The van der Waals surface area contributed by atoms with Gasteiger partial charge < -0.3 is 14.6 Å². The van der Waals surface area contributed by atoms with Crippen molar-refractivity contribution in [2.24, 2.45) is 0 Å². The molecule has 1 N–H and O–H groups in total. The number of carboxylic acids is 1. The van der Waals surface area contributed by atoms with Crippen molar-refractivity contribution in [1.29, 1.82) is 0 Å². The minimum absolute atomic E-state index is 0.246. The first-order valence-corrected chi connectivity index (χ1v) is 7.29. The molecule has 0 amide bonds. The van der Waals surface area contributed by atoms with Crippen LogP contribution in [-0.4, -0.2) is 42.8 Å². The zero-order chi connectivity index (χ0) is 15.4. The Kier molecular flexibility index (Phi) is 5.07. The Morgan fingerprint density at radius 2 is 2.10 bits per heavy atom. The minimum atomic E-state index is -0.852. The lowest BCUT2D eigenvalue weighted by Crippen LogP contribution is -2.43. The van der Waals surface area contributed by atoms with Crippen molar-refractivity contribution in [3.05, 3.63) is 23.8 Å². The topological polar surface area (TPSA) is 59.0 Å². The van der Waals surface area contributed by atoms with Crippen LogP contribution in [0.15, 0.2) is 18.2 Å². The number of methoxy groups -OCH3 is 2. The Morgan fingerprint density at radius 3 is 2.67 bits per heavy atom. The van der Waals surface area contributed by atoms with Gasteiger partial charge in [0.15, 0.2) is 11.5 Å². The lowest BCUT2D eigenvalue weighted by molar-refractivity contribution is -0.145. The van der Waals surface area contributed by atoms with E-state index < -0.39 is 12.0 Å². The number of carbonyl (C=O) groups is 1. The van der Waals surface area contributed by atoms with Crippen LogP contribution in [-0.2, 0) is 4.79 Å². The molecule has 116 valence electrons. The monoisotopic (exact) mass is 293 g/mol. The molecule has 1 fully saturated rings. The molecule has 0 bridgehead atoms. The standard InChI is InChI=1S/C16H23NO4/c1-11-7-4-5-10-17(11)14(16(18)19)12-8-6-9-13(20-2)15(12)21-3/h6,8-9,11,14H,4-5,7,10H2,1-3H3,(H,18,19). The molecule has 1 heterocycles. The number of nitrogens with zero attached hydrogens (tertiary/aromatic N) is 1. The van der Waals surface area contributed by atoms with Crippen molar-refractivity contribution in [2.75, 3.05) is 20.8 Å². The number of rotatable bonds is 5. The maximum absolute atomic E-state index is 11.9. The Balaban J connectivity index is 2.45. The molecule has 0 spiro atoms. The quantitative estimate of drug-likeness (QED) is 0.904. The maximum Gasteiger partial charge on any atom is 0.325 e. The molecule has 0 saturated carbocycles. The van der Waals surface area contributed by atoms with Gasteiger partial charge in [-0.2, -0.15) is 0 Å². The number of piperidine rings is 1. The van der Waals surface area contributed by atoms with Gasteiger partial charge in [0.25, 0.3) is 0 Å². The summed E-state index contributed by atoms with van der Waals surface area (Å²) in [5.41, 5.74) is 0.651. The Morgan fingerprint density at radius 1 is 1.33 bits per heavy atom. The molecule has 21 heavy (non-hydrogen) atoms. The van der Waals surface area contributed by atoms with Gasteiger partial charge in [0.2, 0.25) is 0 Å². The molecule has 1 aromatic rings. The molecule has 2 unspecified atom stereocenters. The van der Waals surface area contributed by atoms with E-state index >= 15 is 0 Å². The highest BCUT2D eigenvalue weighted by Gasteiger charge is 2.34. The third kappa shape index (κ3) is 3.13. The van der Waals surface area contributed by atoms with E-state index in [1.807, 2.05) is 11.0 Å². The molecular formula is C16H23NO4. The number of para-hydroxylation sites is 1. The summed E-state index contributed by atoms with van der Waals surface area (Å²) in [4.78, 5) is 13.9. The van der Waals surface area contributed by atoms with Crippen LogP contribution in [0.1, 0.15) is 37.8 Å². The Hall–Kier alpha value is -1.75. The minimum Gasteiger partial charge on any atom is -0.493 e. The molecule has 0 radical (unpaired) electrons. The van der Waals surface area contributed by atoms with E-state index in [0.29, 0.717) is 17.1 Å². The number of carboxylic acid groups (broad SMARTS) is 1. The highest BCUT2D eigenvalue weighted by atomic mass is 16.5. The molecule has 2 rings (SSSR count). The van der Waals surface area contributed by atoms with E-state index in [-0.39, 0.29) is 6.04 Å². The highest BCUT2D eigenvalue weighted by Crippen LogP contribution is 2.39. The van der Waals surface area contributed by atoms with Crippen molar-refractivity contribution in [3.63, 3.8) is 0 Å². The average Bonchev–Trinajstić information content (AvgIpc) is 2.48. The van der Waals surface area contributed by atoms with Crippen LogP contribution >= 0.6 is 0 Å². The van der Waals surface area contributed by atoms with E-state index in [1.165, 1.54) is 0 Å². The van der Waals surface area contributed by atoms with Crippen molar-refractivity contribution in [3.8, 4) is 11.5 Å². The van der Waals surface area contributed by atoms with Crippen LogP contribution in [0.4, 0.5) is 0 Å². The van der Waals surface area contributed by atoms with Crippen LogP contribution < -0.4 is 9.47 Å². The molecule has 1 saturated heterocycles. The summed E-state index contributed by atoms with van der Waals surface area (Å²) < 4.78 is 10.7. The van der Waals surface area contributed by atoms with Crippen LogP contribution in [0.3, 0.4) is 0 Å². The van der Waals surface area contributed by atoms with E-state index in [4.69, 9.17) is 9.47 Å². The van der Waals surface area contributed by atoms with Crippen LogP contribution in [0.2, 0.25) is 0 Å². The van der Waals surface area contributed by atoms with Crippen molar-refractivity contribution in [1.82, 2.24) is 4.90 Å². The van der Waals surface area contributed by atoms with Crippen molar-refractivity contribution < 1.29 is 19.4 Å². The predicted octanol–water partition coefficient (Wildman–Crippen LogP) is 2.70. The van der Waals surface area contributed by atoms with Crippen LogP contribution in [0.5, 0.6) is 11.5 Å². The Labute approximate surface area is 125 Å². The fourth-order valence-electron chi connectivity index (χ4n) is 3.08. The largest absolute Gasteiger partial charge is 0.493 e. The van der Waals surface area contributed by atoms with Gasteiger partial charge in [0.1, 0.15) is 6.04 Å². The molecule has 0 aromatic heterocycles. The van der Waals surface area contributed by atoms with Crippen LogP contribution in [0.25, 0.3) is 0 Å². The number of aliphatic carboxylic acids is 1. The molecule has 5 heteroatoms. The first kappa shape index (κ1) is 15.6. The molecule has 1 aliphatic heterocycles. The highest BCUT2D eigenvalue weighted by molar-refractivity contribution is 5.77. The van der Waals surface area contributed by atoms with Gasteiger partial charge in [0.05, 0.1) is 14.2 Å². The van der Waals surface area contributed by atoms with Gasteiger partial charge in [-0.25, -0.2) is 0 Å². The number of likely N-dealkylation sites (tertiary alicyclic amines) is 1. The molecule has 1 aliphatic rings. The fourth-order valence-corrected chi connectivity index (χ4v) is 3.08. The summed E-state index contributed by atoms with van der Waals surface area (Å²) in [5.74, 6) is 0.214. The third-order valence-corrected chi connectivity index (χ3v) is 4.15. The van der Waals surface area contributed by atoms with Gasteiger partial charge in [0, 0.05) is 11.6 Å². The number of hydrogen-bond donors (Lipinski definition) is 1. The van der Waals surface area contributed by atoms with Gasteiger partial charge in [-0.15, -0.1) is 0 Å². The molecular weight excluding hydrogens is 270 g/mol. The molecule has 2 atom stereocenters. The number of benzene rings is 1. The van der Waals surface area contributed by atoms with Crippen molar-refractivity contribution >= 4 is 5.97 Å². The molecule has 5 nitrogen and oxygen atoms in total. The second-order valence-electron chi connectivity index (χ2n) is 5.41. The third-order valence-electron chi connectivity index (χ3n) is 4.15. The summed E-state index contributed by atoms with van der Waals surface area (Å²) in [6.07, 6.45) is 3.20. The predicted molar refractivity (Wildman–Crippen MR) is 79.9 cm³/mol. The number of hydrogen-bond acceptors (Lipinski definition) is 4. The second-order valence-corrected chi connectivity index (χ2v) is 5.41. The maximum atomic E-state index is 11.9. The normalized spacial score (nSPS) is 20.8. The van der Waals surface area contributed by atoms with E-state index in [2.05, 4.69) is 6.92 Å². The second kappa shape index (κ2) is 6.80. The summed E-state index contributed by atoms with van der Waals surface area (Å²) in [7, 11) is 3.10. The molecule has 0 aliphatic carbocycles. The zero-order valence-electron chi connectivity index (χ0n) is 12.8. The summed E-state index contributed by atoms with van der Waals surface area (Å²) >= 11 is 0. The lowest BCUT2D eigenvalue weighted by Gasteiger charge is -2.38. The average molecular weight is 293 g/mol. The van der Waals surface area contributed by atoms with Gasteiger partial charge in [-0.1, -0.05) is 18.6 Å². The van der Waals surface area contributed by atoms with Gasteiger partial charge >= 0.3 is 5.97 Å². The summed E-state index contributed by atoms with van der Waals surface area (Å²) in [6, 6.07) is 4.94. The summed E-state index contributed by atoms with van der Waals surface area (Å²) in [6.45, 7) is 2.88.